The largest absolute Gasteiger partial charge is 0.493 e. The molecule has 2 heterocycles. The molecule has 0 spiro atoms. The minimum Gasteiger partial charge on any atom is -0.493 e. The second kappa shape index (κ2) is 8.99. The molecule has 4 rings (SSSR count). The molecule has 0 saturated heterocycles. The molecule has 0 aliphatic rings. The molecule has 1 atom stereocenters. The van der Waals surface area contributed by atoms with Crippen molar-refractivity contribution in [1.29, 1.82) is 0 Å². The molecule has 9 nitrogen and oxygen atoms in total. The standard InChI is InChI=1S/C24H22N4O5/c1-14-6-5-7-16(10-14)28-22(30)18(21(29)27-24(28)32)13-26-20(23(31)33-2)11-15-12-25-19-9-4-3-8-17(15)19/h3-10,12-13,20,25,30H,11H2,1-2H3,(H,27,29,32). The van der Waals surface area contributed by atoms with Crippen molar-refractivity contribution >= 4 is 23.1 Å². The Balaban J connectivity index is 1.73. The molecule has 0 bridgehead atoms. The van der Waals surface area contributed by atoms with Crippen LogP contribution >= 0.6 is 0 Å². The van der Waals surface area contributed by atoms with Crippen LogP contribution in [0, 0.1) is 6.92 Å². The Labute approximate surface area is 188 Å². The summed E-state index contributed by atoms with van der Waals surface area (Å²) in [5.41, 5.74) is 1.16. The van der Waals surface area contributed by atoms with Gasteiger partial charge in [-0.3, -0.25) is 14.8 Å². The van der Waals surface area contributed by atoms with Crippen LogP contribution < -0.4 is 11.2 Å². The maximum Gasteiger partial charge on any atom is 0.335 e. The maximum absolute atomic E-state index is 12.4. The number of aryl methyl sites for hydroxylation is 1. The summed E-state index contributed by atoms with van der Waals surface area (Å²) in [4.78, 5) is 46.8. The Kier molecular flexibility index (Phi) is 5.95. The normalized spacial score (nSPS) is 12.3. The Bertz CT molecular complexity index is 1480. The third-order valence-electron chi connectivity index (χ3n) is 5.33. The summed E-state index contributed by atoms with van der Waals surface area (Å²) in [5, 5.41) is 11.7. The minimum absolute atomic E-state index is 0.212. The van der Waals surface area contributed by atoms with Crippen LogP contribution in [0.3, 0.4) is 0 Å². The molecule has 168 valence electrons. The lowest BCUT2D eigenvalue weighted by atomic mass is 10.1. The third kappa shape index (κ3) is 4.33. The SMILES string of the molecule is COC(=O)C(Cc1c[nH]c2ccccc12)N=Cc1c(O)n(-c2cccc(C)c2)c(=O)[nH]c1=O. The molecule has 0 fully saturated rings. The van der Waals surface area contributed by atoms with Crippen molar-refractivity contribution in [2.75, 3.05) is 7.11 Å². The van der Waals surface area contributed by atoms with E-state index >= 15 is 0 Å². The summed E-state index contributed by atoms with van der Waals surface area (Å²) in [7, 11) is 1.25. The summed E-state index contributed by atoms with van der Waals surface area (Å²) in [6.07, 6.45) is 3.10. The number of para-hydroxylation sites is 1. The number of carbonyl (C=O) groups excluding carboxylic acids is 1. The van der Waals surface area contributed by atoms with Crippen LogP contribution in [-0.2, 0) is 16.0 Å². The van der Waals surface area contributed by atoms with Gasteiger partial charge in [-0.15, -0.1) is 0 Å². The number of aromatic nitrogens is 3. The zero-order valence-electron chi connectivity index (χ0n) is 18.0. The Morgan fingerprint density at radius 1 is 1.21 bits per heavy atom. The fraction of sp³-hybridized carbons (Fsp3) is 0.167. The van der Waals surface area contributed by atoms with Gasteiger partial charge in [0.1, 0.15) is 5.56 Å². The first kappa shape index (κ1) is 21.8. The summed E-state index contributed by atoms with van der Waals surface area (Å²) in [6.45, 7) is 1.84. The third-order valence-corrected chi connectivity index (χ3v) is 5.33. The van der Waals surface area contributed by atoms with E-state index in [4.69, 9.17) is 4.74 Å². The number of aromatic amines is 2. The molecule has 0 amide bonds. The molecule has 0 aliphatic heterocycles. The van der Waals surface area contributed by atoms with Gasteiger partial charge in [-0.1, -0.05) is 30.3 Å². The van der Waals surface area contributed by atoms with E-state index in [2.05, 4.69) is 15.0 Å². The van der Waals surface area contributed by atoms with E-state index in [0.29, 0.717) is 5.69 Å². The highest BCUT2D eigenvalue weighted by Crippen LogP contribution is 2.21. The first-order valence-corrected chi connectivity index (χ1v) is 10.2. The average molecular weight is 446 g/mol. The molecule has 0 radical (unpaired) electrons. The number of hydrogen-bond donors (Lipinski definition) is 3. The fourth-order valence-electron chi connectivity index (χ4n) is 3.67. The highest BCUT2D eigenvalue weighted by molar-refractivity contribution is 5.87. The number of carbonyl (C=O) groups is 1. The van der Waals surface area contributed by atoms with Crippen LogP contribution in [0.25, 0.3) is 16.6 Å². The van der Waals surface area contributed by atoms with Crippen molar-refractivity contribution < 1.29 is 14.6 Å². The average Bonchev–Trinajstić information content (AvgIpc) is 3.20. The molecule has 9 heteroatoms. The quantitative estimate of drug-likeness (QED) is 0.309. The second-order valence-corrected chi connectivity index (χ2v) is 7.55. The Hall–Kier alpha value is -4.40. The van der Waals surface area contributed by atoms with Crippen molar-refractivity contribution in [3.05, 3.63) is 92.3 Å². The summed E-state index contributed by atoms with van der Waals surface area (Å²) in [5.74, 6) is -1.17. The van der Waals surface area contributed by atoms with E-state index in [1.165, 1.54) is 7.11 Å². The van der Waals surface area contributed by atoms with E-state index in [0.717, 1.165) is 32.8 Å². The number of aromatic hydroxyl groups is 1. The number of fused-ring (bicyclic) bond motifs is 1. The molecular weight excluding hydrogens is 424 g/mol. The predicted octanol–water partition coefficient (Wildman–Crippen LogP) is 2.22. The van der Waals surface area contributed by atoms with E-state index < -0.39 is 29.1 Å². The predicted molar refractivity (Wildman–Crippen MR) is 124 cm³/mol. The molecule has 3 N–H and O–H groups in total. The van der Waals surface area contributed by atoms with Crippen molar-refractivity contribution in [2.24, 2.45) is 4.99 Å². The van der Waals surface area contributed by atoms with Crippen molar-refractivity contribution in [3.8, 4) is 11.6 Å². The smallest absolute Gasteiger partial charge is 0.335 e. The van der Waals surface area contributed by atoms with Crippen LogP contribution in [-0.4, -0.2) is 45.0 Å². The maximum atomic E-state index is 12.4. The van der Waals surface area contributed by atoms with Crippen LogP contribution in [0.2, 0.25) is 0 Å². The van der Waals surface area contributed by atoms with Gasteiger partial charge in [-0.05, 0) is 36.2 Å². The first-order chi connectivity index (χ1) is 15.9. The lowest BCUT2D eigenvalue weighted by Crippen LogP contribution is -2.31. The number of ether oxygens (including phenoxy) is 1. The van der Waals surface area contributed by atoms with Crippen molar-refractivity contribution in [1.82, 2.24) is 14.5 Å². The topological polar surface area (TPSA) is 130 Å². The van der Waals surface area contributed by atoms with Crippen LogP contribution in [0.1, 0.15) is 16.7 Å². The molecule has 2 aromatic carbocycles. The Morgan fingerprint density at radius 3 is 2.76 bits per heavy atom. The van der Waals surface area contributed by atoms with Gasteiger partial charge in [0.15, 0.2) is 6.04 Å². The number of benzene rings is 2. The van der Waals surface area contributed by atoms with Gasteiger partial charge in [0, 0.05) is 29.7 Å². The van der Waals surface area contributed by atoms with Gasteiger partial charge >= 0.3 is 11.7 Å². The van der Waals surface area contributed by atoms with Crippen molar-refractivity contribution in [2.45, 2.75) is 19.4 Å². The molecule has 33 heavy (non-hydrogen) atoms. The number of nitrogens with zero attached hydrogens (tertiary/aromatic N) is 2. The molecule has 4 aromatic rings. The van der Waals surface area contributed by atoms with Gasteiger partial charge in [0.05, 0.1) is 12.8 Å². The van der Waals surface area contributed by atoms with Crippen LogP contribution in [0.15, 0.2) is 69.3 Å². The van der Waals surface area contributed by atoms with E-state index in [1.807, 2.05) is 37.3 Å². The highest BCUT2D eigenvalue weighted by atomic mass is 16.5. The van der Waals surface area contributed by atoms with E-state index in [-0.39, 0.29) is 12.0 Å². The van der Waals surface area contributed by atoms with E-state index in [1.54, 1.807) is 24.4 Å². The highest BCUT2D eigenvalue weighted by Gasteiger charge is 2.21. The van der Waals surface area contributed by atoms with Crippen LogP contribution in [0.5, 0.6) is 5.88 Å². The Morgan fingerprint density at radius 2 is 2.00 bits per heavy atom. The zero-order chi connectivity index (χ0) is 23.5. The molecule has 0 saturated carbocycles. The number of esters is 1. The molecular formula is C24H22N4O5. The number of H-pyrrole nitrogens is 2. The van der Waals surface area contributed by atoms with Crippen molar-refractivity contribution in [3.63, 3.8) is 0 Å². The number of nitrogens with one attached hydrogen (secondary N) is 2. The lowest BCUT2D eigenvalue weighted by molar-refractivity contribution is -0.142. The van der Waals surface area contributed by atoms with Gasteiger partial charge in [-0.2, -0.15) is 0 Å². The van der Waals surface area contributed by atoms with Gasteiger partial charge in [0.25, 0.3) is 5.56 Å². The summed E-state index contributed by atoms with van der Waals surface area (Å²) in [6, 6.07) is 13.5. The molecule has 1 unspecified atom stereocenters. The number of aliphatic imine (C=N–C) groups is 1. The summed E-state index contributed by atoms with van der Waals surface area (Å²) < 4.78 is 5.86. The number of methoxy groups -OCH3 is 1. The first-order valence-electron chi connectivity index (χ1n) is 10.2. The summed E-state index contributed by atoms with van der Waals surface area (Å²) >= 11 is 0. The van der Waals surface area contributed by atoms with Crippen LogP contribution in [0.4, 0.5) is 0 Å². The van der Waals surface area contributed by atoms with Gasteiger partial charge in [-0.25, -0.2) is 14.2 Å². The van der Waals surface area contributed by atoms with Gasteiger partial charge in [0.2, 0.25) is 5.88 Å². The number of hydrogen-bond acceptors (Lipinski definition) is 6. The monoisotopic (exact) mass is 446 g/mol. The zero-order valence-corrected chi connectivity index (χ0v) is 18.0. The minimum atomic E-state index is -0.965. The van der Waals surface area contributed by atoms with Gasteiger partial charge < -0.3 is 14.8 Å². The fourth-order valence-corrected chi connectivity index (χ4v) is 3.67. The second-order valence-electron chi connectivity index (χ2n) is 7.55. The molecule has 0 aliphatic carbocycles. The lowest BCUT2D eigenvalue weighted by Gasteiger charge is -2.12. The molecule has 2 aromatic heterocycles. The van der Waals surface area contributed by atoms with E-state index in [9.17, 15) is 19.5 Å². The number of rotatable bonds is 6.